The van der Waals surface area contributed by atoms with Gasteiger partial charge in [0.05, 0.1) is 0 Å². The van der Waals surface area contributed by atoms with Crippen LogP contribution in [0.1, 0.15) is 0 Å². The molecule has 2 heteroatoms. The van der Waals surface area contributed by atoms with Crippen molar-refractivity contribution in [3.05, 3.63) is 0 Å². The molecule has 0 unspecified atom stereocenters. The molecule has 0 spiro atoms. The van der Waals surface area contributed by atoms with E-state index in [1.807, 2.05) is 0 Å². The standard InChI is InChI=1S/C9H12OSi/c1-5-8-9(10-8)6-7-11(2,3)4/h1,8-9H,2-4H3/t8-,9-/m1/s1. The van der Waals surface area contributed by atoms with Gasteiger partial charge in [-0.05, 0) is 0 Å². The van der Waals surface area contributed by atoms with E-state index < -0.39 is 8.07 Å². The molecule has 0 amide bonds. The van der Waals surface area contributed by atoms with Crippen LogP contribution in [0.25, 0.3) is 0 Å². The second-order valence-corrected chi connectivity index (χ2v) is 8.41. The average Bonchev–Trinajstić information content (AvgIpc) is 2.60. The fraction of sp³-hybridized carbons (Fsp3) is 0.556. The van der Waals surface area contributed by atoms with E-state index in [2.05, 4.69) is 37.0 Å². The highest BCUT2D eigenvalue weighted by Crippen LogP contribution is 2.19. The molecule has 0 aliphatic carbocycles. The van der Waals surface area contributed by atoms with E-state index >= 15 is 0 Å². The van der Waals surface area contributed by atoms with Crippen LogP contribution in [-0.4, -0.2) is 20.3 Å². The third-order valence-electron chi connectivity index (χ3n) is 1.25. The molecule has 0 N–H and O–H groups in total. The molecule has 1 rings (SSSR count). The molecule has 0 radical (unpaired) electrons. The lowest BCUT2D eigenvalue weighted by molar-refractivity contribution is 0.421. The second kappa shape index (κ2) is 2.74. The lowest BCUT2D eigenvalue weighted by atomic mass is 10.3. The van der Waals surface area contributed by atoms with Gasteiger partial charge in [-0.3, -0.25) is 0 Å². The van der Waals surface area contributed by atoms with Gasteiger partial charge in [-0.25, -0.2) is 0 Å². The van der Waals surface area contributed by atoms with E-state index in [-0.39, 0.29) is 12.2 Å². The zero-order valence-corrected chi connectivity index (χ0v) is 8.14. The van der Waals surface area contributed by atoms with Crippen molar-refractivity contribution < 1.29 is 4.74 Å². The van der Waals surface area contributed by atoms with Crippen LogP contribution in [0.2, 0.25) is 19.6 Å². The summed E-state index contributed by atoms with van der Waals surface area (Å²) in [4.78, 5) is 0. The van der Waals surface area contributed by atoms with Crippen LogP contribution in [0.3, 0.4) is 0 Å². The SMILES string of the molecule is C#C[C@H]1O[C@@H]1C#C[Si](C)(C)C. The van der Waals surface area contributed by atoms with Gasteiger partial charge in [0.1, 0.15) is 8.07 Å². The van der Waals surface area contributed by atoms with E-state index in [0.29, 0.717) is 0 Å². The maximum Gasteiger partial charge on any atom is 0.157 e. The summed E-state index contributed by atoms with van der Waals surface area (Å²) in [6, 6.07) is 0. The summed E-state index contributed by atoms with van der Waals surface area (Å²) in [7, 11) is -1.23. The summed E-state index contributed by atoms with van der Waals surface area (Å²) in [5.41, 5.74) is 3.22. The molecule has 2 atom stereocenters. The Morgan fingerprint density at radius 2 is 1.91 bits per heavy atom. The minimum atomic E-state index is -1.23. The van der Waals surface area contributed by atoms with Crippen molar-refractivity contribution in [2.45, 2.75) is 31.8 Å². The Balaban J connectivity index is 2.44. The van der Waals surface area contributed by atoms with Crippen LogP contribution in [0.4, 0.5) is 0 Å². The van der Waals surface area contributed by atoms with Gasteiger partial charge in [0.25, 0.3) is 0 Å². The Labute approximate surface area is 69.1 Å². The summed E-state index contributed by atoms with van der Waals surface area (Å²) in [6.07, 6.45) is 5.14. The van der Waals surface area contributed by atoms with E-state index in [4.69, 9.17) is 11.2 Å². The molecule has 1 nitrogen and oxygen atoms in total. The molecule has 58 valence electrons. The van der Waals surface area contributed by atoms with Crippen LogP contribution in [0, 0.1) is 23.8 Å². The summed E-state index contributed by atoms with van der Waals surface area (Å²) >= 11 is 0. The van der Waals surface area contributed by atoms with Gasteiger partial charge < -0.3 is 4.74 Å². The van der Waals surface area contributed by atoms with Gasteiger partial charge in [0, 0.05) is 0 Å². The zero-order valence-electron chi connectivity index (χ0n) is 7.14. The van der Waals surface area contributed by atoms with E-state index in [1.165, 1.54) is 0 Å². The topological polar surface area (TPSA) is 12.5 Å². The maximum atomic E-state index is 5.13. The number of terminal acetylenes is 1. The van der Waals surface area contributed by atoms with Crippen molar-refractivity contribution >= 4 is 8.07 Å². The Hall–Kier alpha value is -0.703. The zero-order chi connectivity index (χ0) is 8.48. The molecule has 11 heavy (non-hydrogen) atoms. The van der Waals surface area contributed by atoms with Crippen molar-refractivity contribution in [3.8, 4) is 23.8 Å². The van der Waals surface area contributed by atoms with Crippen LogP contribution in [0.15, 0.2) is 0 Å². The highest BCUT2D eigenvalue weighted by atomic mass is 28.3. The lowest BCUT2D eigenvalue weighted by Gasteiger charge is -2.02. The van der Waals surface area contributed by atoms with Crippen molar-refractivity contribution in [2.75, 3.05) is 0 Å². The number of hydrogen-bond donors (Lipinski definition) is 0. The highest BCUT2D eigenvalue weighted by Gasteiger charge is 2.35. The average molecular weight is 164 g/mol. The molecule has 0 aromatic heterocycles. The largest absolute Gasteiger partial charge is 0.342 e. The molecule has 0 aromatic rings. The van der Waals surface area contributed by atoms with E-state index in [0.717, 1.165) is 0 Å². The van der Waals surface area contributed by atoms with Gasteiger partial charge in [-0.2, -0.15) is 0 Å². The van der Waals surface area contributed by atoms with Crippen LogP contribution < -0.4 is 0 Å². The molecule has 1 heterocycles. The molecule has 0 bridgehead atoms. The Morgan fingerprint density at radius 1 is 1.27 bits per heavy atom. The monoisotopic (exact) mass is 164 g/mol. The summed E-state index contributed by atoms with van der Waals surface area (Å²) in [5, 5.41) is 0. The molecule has 0 aromatic carbocycles. The molecule has 1 fully saturated rings. The van der Waals surface area contributed by atoms with Gasteiger partial charge in [0.2, 0.25) is 0 Å². The minimum Gasteiger partial charge on any atom is -0.342 e. The first-order valence-corrected chi connectivity index (χ1v) is 7.17. The normalized spacial score (nSPS) is 28.2. The molecular formula is C9H12OSi. The lowest BCUT2D eigenvalue weighted by Crippen LogP contribution is -2.16. The molecule has 0 saturated carbocycles. The Morgan fingerprint density at radius 3 is 2.27 bits per heavy atom. The first-order valence-electron chi connectivity index (χ1n) is 3.67. The Kier molecular flexibility index (Phi) is 2.09. The van der Waals surface area contributed by atoms with Crippen molar-refractivity contribution in [1.82, 2.24) is 0 Å². The number of ether oxygens (including phenoxy) is 1. The number of rotatable bonds is 0. The molecular weight excluding hydrogens is 152 g/mol. The van der Waals surface area contributed by atoms with E-state index in [1.54, 1.807) is 0 Å². The fourth-order valence-corrected chi connectivity index (χ4v) is 1.21. The van der Waals surface area contributed by atoms with Crippen molar-refractivity contribution in [2.24, 2.45) is 0 Å². The van der Waals surface area contributed by atoms with Crippen LogP contribution in [-0.2, 0) is 4.74 Å². The highest BCUT2D eigenvalue weighted by molar-refractivity contribution is 6.83. The maximum absolute atomic E-state index is 5.13. The predicted molar refractivity (Wildman–Crippen MR) is 48.6 cm³/mol. The fourth-order valence-electron chi connectivity index (χ4n) is 0.637. The van der Waals surface area contributed by atoms with Crippen LogP contribution >= 0.6 is 0 Å². The Bertz CT molecular complexity index is 245. The quantitative estimate of drug-likeness (QED) is 0.298. The number of epoxide rings is 1. The van der Waals surface area contributed by atoms with Crippen molar-refractivity contribution in [1.29, 1.82) is 0 Å². The van der Waals surface area contributed by atoms with Gasteiger partial charge in [-0.1, -0.05) is 31.5 Å². The predicted octanol–water partition coefficient (Wildman–Crippen LogP) is 1.27. The second-order valence-electron chi connectivity index (χ2n) is 3.66. The van der Waals surface area contributed by atoms with Crippen molar-refractivity contribution in [3.63, 3.8) is 0 Å². The third kappa shape index (κ3) is 2.80. The third-order valence-corrected chi connectivity index (χ3v) is 2.14. The smallest absolute Gasteiger partial charge is 0.157 e. The van der Waals surface area contributed by atoms with Gasteiger partial charge in [-0.15, -0.1) is 12.0 Å². The minimum absolute atomic E-state index is 0.0288. The molecule has 1 aliphatic heterocycles. The van der Waals surface area contributed by atoms with Gasteiger partial charge >= 0.3 is 0 Å². The summed E-state index contributed by atoms with van der Waals surface area (Å²) < 4.78 is 5.07. The first kappa shape index (κ1) is 8.39. The molecule has 1 aliphatic rings. The van der Waals surface area contributed by atoms with E-state index in [9.17, 15) is 0 Å². The molecule has 1 saturated heterocycles. The van der Waals surface area contributed by atoms with Gasteiger partial charge in [0.15, 0.2) is 12.2 Å². The first-order chi connectivity index (χ1) is 5.03. The van der Waals surface area contributed by atoms with Crippen LogP contribution in [0.5, 0.6) is 0 Å². The summed E-state index contributed by atoms with van der Waals surface area (Å²) in [6.45, 7) is 6.60. The number of hydrogen-bond acceptors (Lipinski definition) is 1. The summed E-state index contributed by atoms with van der Waals surface area (Å²) in [5.74, 6) is 5.56.